The zero-order valence-corrected chi connectivity index (χ0v) is 17.3. The number of ether oxygens (including phenoxy) is 2. The molecule has 1 aromatic carbocycles. The number of methoxy groups -OCH3 is 2. The van der Waals surface area contributed by atoms with Crippen LogP contribution in [0.1, 0.15) is 25.7 Å². The third kappa shape index (κ3) is 4.35. The summed E-state index contributed by atoms with van der Waals surface area (Å²) >= 11 is 1.38. The van der Waals surface area contributed by atoms with Gasteiger partial charge in [0.1, 0.15) is 0 Å². The monoisotopic (exact) mass is 406 g/mol. The maximum Gasteiger partial charge on any atom is 0.233 e. The quantitative estimate of drug-likeness (QED) is 0.738. The Morgan fingerprint density at radius 3 is 2.29 bits per heavy atom. The fraction of sp³-hybridized carbons (Fsp3) is 0.526. The van der Waals surface area contributed by atoms with Crippen LogP contribution in [0.4, 0.5) is 0 Å². The molecule has 152 valence electrons. The largest absolute Gasteiger partial charge is 0.502 e. The molecule has 0 radical (unpaired) electrons. The fourth-order valence-corrected chi connectivity index (χ4v) is 4.07. The van der Waals surface area contributed by atoms with Crippen LogP contribution in [-0.2, 0) is 11.8 Å². The second-order valence-electron chi connectivity index (χ2n) is 6.68. The third-order valence-corrected chi connectivity index (χ3v) is 5.86. The van der Waals surface area contributed by atoms with E-state index in [-0.39, 0.29) is 11.7 Å². The summed E-state index contributed by atoms with van der Waals surface area (Å²) in [5, 5.41) is 19.2. The van der Waals surface area contributed by atoms with E-state index >= 15 is 0 Å². The van der Waals surface area contributed by atoms with Crippen molar-refractivity contribution in [2.45, 2.75) is 30.8 Å². The summed E-state index contributed by atoms with van der Waals surface area (Å²) in [5.41, 5.74) is 0.701. The number of amides is 1. The number of hydrogen-bond donors (Lipinski definition) is 1. The molecule has 1 aliphatic rings. The molecule has 0 atom stereocenters. The lowest BCUT2D eigenvalue weighted by Crippen LogP contribution is -2.33. The third-order valence-electron chi connectivity index (χ3n) is 4.86. The van der Waals surface area contributed by atoms with Crippen LogP contribution in [0.15, 0.2) is 17.3 Å². The molecule has 1 saturated heterocycles. The molecule has 1 N–H and O–H groups in total. The number of benzene rings is 1. The van der Waals surface area contributed by atoms with E-state index in [2.05, 4.69) is 10.2 Å². The number of rotatable bonds is 6. The summed E-state index contributed by atoms with van der Waals surface area (Å²) in [6.07, 6.45) is 4.55. The maximum atomic E-state index is 12.5. The van der Waals surface area contributed by atoms with Gasteiger partial charge in [0.05, 0.1) is 20.0 Å². The van der Waals surface area contributed by atoms with E-state index in [1.54, 1.807) is 12.1 Å². The number of nitrogens with zero attached hydrogens (tertiary/aromatic N) is 4. The van der Waals surface area contributed by atoms with E-state index in [4.69, 9.17) is 9.47 Å². The Morgan fingerprint density at radius 1 is 1.11 bits per heavy atom. The molecule has 28 heavy (non-hydrogen) atoms. The van der Waals surface area contributed by atoms with E-state index in [0.717, 1.165) is 25.9 Å². The molecule has 8 nitrogen and oxygen atoms in total. The molecule has 3 rings (SSSR count). The van der Waals surface area contributed by atoms with Gasteiger partial charge in [0, 0.05) is 25.7 Å². The van der Waals surface area contributed by atoms with Gasteiger partial charge >= 0.3 is 0 Å². The first-order valence-corrected chi connectivity index (χ1v) is 10.3. The van der Waals surface area contributed by atoms with Crippen LogP contribution in [0, 0.1) is 0 Å². The van der Waals surface area contributed by atoms with Crippen LogP contribution < -0.4 is 9.47 Å². The van der Waals surface area contributed by atoms with Gasteiger partial charge in [-0.25, -0.2) is 0 Å². The van der Waals surface area contributed by atoms with Crippen LogP contribution in [0.5, 0.6) is 17.2 Å². The highest BCUT2D eigenvalue weighted by Crippen LogP contribution is 2.40. The van der Waals surface area contributed by atoms with Crippen molar-refractivity contribution in [1.82, 2.24) is 19.7 Å². The van der Waals surface area contributed by atoms with Crippen molar-refractivity contribution < 1.29 is 19.4 Å². The first-order valence-electron chi connectivity index (χ1n) is 9.30. The molecule has 1 aliphatic heterocycles. The van der Waals surface area contributed by atoms with Crippen molar-refractivity contribution in [2.75, 3.05) is 33.1 Å². The van der Waals surface area contributed by atoms with Crippen molar-refractivity contribution in [3.63, 3.8) is 0 Å². The van der Waals surface area contributed by atoms with Crippen LogP contribution >= 0.6 is 11.8 Å². The number of likely N-dealkylation sites (tertiary alicyclic amines) is 1. The zero-order chi connectivity index (χ0) is 20.1. The number of aromatic nitrogens is 3. The van der Waals surface area contributed by atoms with Crippen molar-refractivity contribution in [1.29, 1.82) is 0 Å². The predicted molar refractivity (Wildman–Crippen MR) is 107 cm³/mol. The van der Waals surface area contributed by atoms with E-state index in [0.29, 0.717) is 33.8 Å². The Labute approximate surface area is 168 Å². The normalized spacial score (nSPS) is 14.6. The average Bonchev–Trinajstić information content (AvgIpc) is 2.90. The second kappa shape index (κ2) is 9.18. The van der Waals surface area contributed by atoms with Crippen LogP contribution in [0.2, 0.25) is 0 Å². The lowest BCUT2D eigenvalue weighted by atomic mass is 10.1. The molecule has 2 heterocycles. The summed E-state index contributed by atoms with van der Waals surface area (Å²) in [6.45, 7) is 1.69. The molecular weight excluding hydrogens is 380 g/mol. The van der Waals surface area contributed by atoms with E-state index < -0.39 is 0 Å². The number of thioether (sulfide) groups is 1. The summed E-state index contributed by atoms with van der Waals surface area (Å²) in [7, 11) is 4.80. The lowest BCUT2D eigenvalue weighted by Gasteiger charge is -2.19. The average molecular weight is 407 g/mol. The Morgan fingerprint density at radius 2 is 1.71 bits per heavy atom. The highest BCUT2D eigenvalue weighted by Gasteiger charge is 2.20. The highest BCUT2D eigenvalue weighted by molar-refractivity contribution is 7.99. The summed E-state index contributed by atoms with van der Waals surface area (Å²) in [5.74, 6) is 1.61. The number of hydrogen-bond acceptors (Lipinski definition) is 7. The Balaban J connectivity index is 1.74. The van der Waals surface area contributed by atoms with Gasteiger partial charge in [-0.3, -0.25) is 4.79 Å². The van der Waals surface area contributed by atoms with Crippen molar-refractivity contribution >= 4 is 17.7 Å². The predicted octanol–water partition coefficient (Wildman–Crippen LogP) is 2.70. The Bertz CT molecular complexity index is 806. The number of aromatic hydroxyl groups is 1. The molecule has 0 spiro atoms. The minimum absolute atomic E-state index is 0.0615. The smallest absolute Gasteiger partial charge is 0.233 e. The van der Waals surface area contributed by atoms with Gasteiger partial charge in [0.15, 0.2) is 22.5 Å². The van der Waals surface area contributed by atoms with E-state index in [9.17, 15) is 9.90 Å². The van der Waals surface area contributed by atoms with E-state index in [1.165, 1.54) is 38.8 Å². The maximum absolute atomic E-state index is 12.5. The molecule has 0 aliphatic carbocycles. The molecule has 0 unspecified atom stereocenters. The SMILES string of the molecule is COc1cc(-c2nnc(SCC(=O)N3CCCCCC3)n2C)cc(OC)c1O. The van der Waals surface area contributed by atoms with Crippen LogP contribution in [0.3, 0.4) is 0 Å². The number of phenols is 1. The molecule has 0 bridgehead atoms. The van der Waals surface area contributed by atoms with Crippen molar-refractivity contribution in [3.05, 3.63) is 12.1 Å². The van der Waals surface area contributed by atoms with Gasteiger partial charge in [-0.1, -0.05) is 24.6 Å². The summed E-state index contributed by atoms with van der Waals surface area (Å²) < 4.78 is 12.2. The molecule has 1 aromatic heterocycles. The first kappa shape index (κ1) is 20.3. The van der Waals surface area contributed by atoms with Crippen LogP contribution in [0.25, 0.3) is 11.4 Å². The standard InChI is InChI=1S/C19H26N4O4S/c1-22-18(13-10-14(26-2)17(25)15(11-13)27-3)20-21-19(22)28-12-16(24)23-8-6-4-5-7-9-23/h10-11,25H,4-9,12H2,1-3H3. The molecule has 0 saturated carbocycles. The van der Waals surface area contributed by atoms with Crippen molar-refractivity contribution in [3.8, 4) is 28.6 Å². The van der Waals surface area contributed by atoms with Gasteiger partial charge in [0.2, 0.25) is 11.7 Å². The van der Waals surface area contributed by atoms with E-state index in [1.807, 2.05) is 16.5 Å². The Hall–Kier alpha value is -2.42. The molecule has 1 amide bonds. The first-order chi connectivity index (χ1) is 13.5. The molecule has 9 heteroatoms. The highest BCUT2D eigenvalue weighted by atomic mass is 32.2. The minimum Gasteiger partial charge on any atom is -0.502 e. The zero-order valence-electron chi connectivity index (χ0n) is 16.5. The van der Waals surface area contributed by atoms with Gasteiger partial charge in [-0.15, -0.1) is 10.2 Å². The van der Waals surface area contributed by atoms with Gasteiger partial charge in [-0.05, 0) is 25.0 Å². The summed E-state index contributed by atoms with van der Waals surface area (Å²) in [6, 6.07) is 3.36. The number of carbonyl (C=O) groups is 1. The Kier molecular flexibility index (Phi) is 6.66. The second-order valence-corrected chi connectivity index (χ2v) is 7.62. The van der Waals surface area contributed by atoms with Gasteiger partial charge in [-0.2, -0.15) is 0 Å². The van der Waals surface area contributed by atoms with Gasteiger partial charge < -0.3 is 24.0 Å². The topological polar surface area (TPSA) is 89.7 Å². The minimum atomic E-state index is -0.0615. The fourth-order valence-electron chi connectivity index (χ4n) is 3.25. The molecule has 1 fully saturated rings. The van der Waals surface area contributed by atoms with Crippen LogP contribution in [-0.4, -0.2) is 63.7 Å². The molecule has 2 aromatic rings. The van der Waals surface area contributed by atoms with Crippen molar-refractivity contribution in [2.24, 2.45) is 7.05 Å². The lowest BCUT2D eigenvalue weighted by molar-refractivity contribution is -0.128. The number of carbonyl (C=O) groups excluding carboxylic acids is 1. The number of phenolic OH excluding ortho intramolecular Hbond substituents is 1. The molecular formula is C19H26N4O4S. The summed E-state index contributed by atoms with van der Waals surface area (Å²) in [4.78, 5) is 14.5. The van der Waals surface area contributed by atoms with Gasteiger partial charge in [0.25, 0.3) is 0 Å².